The Hall–Kier alpha value is -3.75. The van der Waals surface area contributed by atoms with Gasteiger partial charge < -0.3 is 19.7 Å². The van der Waals surface area contributed by atoms with Crippen LogP contribution in [0, 0.1) is 5.82 Å². The van der Waals surface area contributed by atoms with Crippen molar-refractivity contribution in [2.75, 3.05) is 36.5 Å². The van der Waals surface area contributed by atoms with E-state index in [1.807, 2.05) is 0 Å². The number of hydrogen-bond acceptors (Lipinski definition) is 6. The fourth-order valence-electron chi connectivity index (χ4n) is 3.61. The normalized spacial score (nSPS) is 13.6. The predicted molar refractivity (Wildman–Crippen MR) is 128 cm³/mol. The number of anilines is 2. The first-order valence-corrected chi connectivity index (χ1v) is 11.1. The highest BCUT2D eigenvalue weighted by Crippen LogP contribution is 2.28. The van der Waals surface area contributed by atoms with Gasteiger partial charge in [0.2, 0.25) is 0 Å². The Bertz CT molecular complexity index is 1360. The number of carbonyl (C=O) groups is 1. The molecule has 0 unspecified atom stereocenters. The van der Waals surface area contributed by atoms with Crippen LogP contribution in [-0.2, 0) is 4.74 Å². The van der Waals surface area contributed by atoms with Crippen LogP contribution in [-0.4, -0.2) is 42.2 Å². The first-order valence-electron chi connectivity index (χ1n) is 10.7. The molecule has 0 spiro atoms. The smallest absolute Gasteiger partial charge is 0.255 e. The van der Waals surface area contributed by atoms with Gasteiger partial charge in [-0.15, -0.1) is 0 Å². The molecule has 1 fully saturated rings. The third kappa shape index (κ3) is 4.93. The zero-order chi connectivity index (χ0) is 23.5. The van der Waals surface area contributed by atoms with Gasteiger partial charge in [-0.3, -0.25) is 9.78 Å². The van der Waals surface area contributed by atoms with Gasteiger partial charge in [0.15, 0.2) is 0 Å². The van der Waals surface area contributed by atoms with E-state index in [-0.39, 0.29) is 11.4 Å². The zero-order valence-electron chi connectivity index (χ0n) is 18.0. The lowest BCUT2D eigenvalue weighted by atomic mass is 10.2. The number of morpholine rings is 1. The van der Waals surface area contributed by atoms with Crippen LogP contribution in [0.2, 0.25) is 5.02 Å². The summed E-state index contributed by atoms with van der Waals surface area (Å²) in [6.45, 7) is 2.83. The number of ether oxygens (including phenoxy) is 2. The van der Waals surface area contributed by atoms with E-state index in [0.29, 0.717) is 35.1 Å². The number of fused-ring (bicyclic) bond motifs is 1. The third-order valence-electron chi connectivity index (χ3n) is 5.35. The molecule has 1 amide bonds. The minimum Gasteiger partial charge on any atom is -0.457 e. The predicted octanol–water partition coefficient (Wildman–Crippen LogP) is 5.30. The molecule has 0 atom stereocenters. The van der Waals surface area contributed by atoms with E-state index >= 15 is 0 Å². The fraction of sp³-hybridized carbons (Fsp3) is 0.160. The summed E-state index contributed by atoms with van der Waals surface area (Å²) in [6.07, 6.45) is 1.75. The molecule has 1 aliphatic heterocycles. The lowest BCUT2D eigenvalue weighted by molar-refractivity contribution is 0.102. The molecule has 0 aliphatic carbocycles. The van der Waals surface area contributed by atoms with Gasteiger partial charge in [-0.05, 0) is 42.5 Å². The van der Waals surface area contributed by atoms with Gasteiger partial charge in [-0.2, -0.15) is 0 Å². The highest BCUT2D eigenvalue weighted by atomic mass is 35.5. The maximum atomic E-state index is 14.7. The highest BCUT2D eigenvalue weighted by Gasteiger charge is 2.14. The Morgan fingerprint density at radius 2 is 1.82 bits per heavy atom. The maximum Gasteiger partial charge on any atom is 0.255 e. The van der Waals surface area contributed by atoms with Gasteiger partial charge >= 0.3 is 0 Å². The number of rotatable bonds is 5. The summed E-state index contributed by atoms with van der Waals surface area (Å²) in [5, 5.41) is 2.97. The highest BCUT2D eigenvalue weighted by molar-refractivity contribution is 6.31. The van der Waals surface area contributed by atoms with Crippen molar-refractivity contribution in [1.29, 1.82) is 0 Å². The molecule has 7 nitrogen and oxygen atoms in total. The van der Waals surface area contributed by atoms with Crippen molar-refractivity contribution < 1.29 is 18.7 Å². The van der Waals surface area contributed by atoms with E-state index in [0.717, 1.165) is 24.4 Å². The Morgan fingerprint density at radius 3 is 2.62 bits per heavy atom. The maximum absolute atomic E-state index is 14.7. The molecular weight excluding hydrogens is 459 g/mol. The first-order chi connectivity index (χ1) is 16.5. The number of hydrogen-bond donors (Lipinski definition) is 1. The molecule has 2 heterocycles. The van der Waals surface area contributed by atoms with E-state index in [2.05, 4.69) is 15.2 Å². The van der Waals surface area contributed by atoms with Crippen molar-refractivity contribution in [1.82, 2.24) is 9.97 Å². The number of aromatic nitrogens is 2. The molecule has 0 radical (unpaired) electrons. The van der Waals surface area contributed by atoms with Crippen LogP contribution in [0.15, 0.2) is 66.9 Å². The van der Waals surface area contributed by atoms with Crippen LogP contribution in [0.25, 0.3) is 11.0 Å². The second-order valence-corrected chi connectivity index (χ2v) is 8.12. The standard InChI is InChI=1S/C25H20ClFN4O3/c26-17-3-1-2-16(12-17)25(32)30-21-6-4-18(13-20(21)27)34-19-5-7-22-23(14-19)29-24(15-28-22)31-8-10-33-11-9-31/h1-7,12-15H,8-11H2,(H,30,32). The summed E-state index contributed by atoms with van der Waals surface area (Å²) >= 11 is 5.92. The second kappa shape index (κ2) is 9.62. The minimum absolute atomic E-state index is 0.0388. The van der Waals surface area contributed by atoms with Crippen molar-refractivity contribution in [2.24, 2.45) is 0 Å². The van der Waals surface area contributed by atoms with Gasteiger partial charge in [0.1, 0.15) is 23.1 Å². The SMILES string of the molecule is O=C(Nc1ccc(Oc2ccc3ncc(N4CCOCC4)nc3c2)cc1F)c1cccc(Cl)c1. The summed E-state index contributed by atoms with van der Waals surface area (Å²) in [7, 11) is 0. The van der Waals surface area contributed by atoms with Gasteiger partial charge in [0.25, 0.3) is 5.91 Å². The summed E-state index contributed by atoms with van der Waals surface area (Å²) in [5.41, 5.74) is 1.78. The molecule has 172 valence electrons. The summed E-state index contributed by atoms with van der Waals surface area (Å²) in [5.74, 6) is 0.479. The monoisotopic (exact) mass is 478 g/mol. The van der Waals surface area contributed by atoms with Crippen LogP contribution in [0.5, 0.6) is 11.5 Å². The van der Waals surface area contributed by atoms with Gasteiger partial charge in [0.05, 0.1) is 36.1 Å². The number of benzene rings is 3. The van der Waals surface area contributed by atoms with Gasteiger partial charge in [0, 0.05) is 35.8 Å². The lowest BCUT2D eigenvalue weighted by Gasteiger charge is -2.27. The van der Waals surface area contributed by atoms with Crippen molar-refractivity contribution in [3.63, 3.8) is 0 Å². The van der Waals surface area contributed by atoms with Crippen molar-refractivity contribution in [3.8, 4) is 11.5 Å². The molecule has 1 aromatic heterocycles. The lowest BCUT2D eigenvalue weighted by Crippen LogP contribution is -2.36. The quantitative estimate of drug-likeness (QED) is 0.419. The molecule has 5 rings (SSSR count). The zero-order valence-corrected chi connectivity index (χ0v) is 18.8. The number of halogens is 2. The molecule has 0 bridgehead atoms. The van der Waals surface area contributed by atoms with E-state index < -0.39 is 11.7 Å². The van der Waals surface area contributed by atoms with Crippen molar-refractivity contribution in [2.45, 2.75) is 0 Å². The van der Waals surface area contributed by atoms with E-state index in [1.165, 1.54) is 18.2 Å². The Morgan fingerprint density at radius 1 is 1.03 bits per heavy atom. The minimum atomic E-state index is -0.622. The first kappa shape index (κ1) is 22.1. The Balaban J connectivity index is 1.32. The molecule has 9 heteroatoms. The topological polar surface area (TPSA) is 76.6 Å². The van der Waals surface area contributed by atoms with Gasteiger partial charge in [-0.25, -0.2) is 9.37 Å². The van der Waals surface area contributed by atoms with Crippen LogP contribution in [0.1, 0.15) is 10.4 Å². The second-order valence-electron chi connectivity index (χ2n) is 7.69. The average Bonchev–Trinajstić information content (AvgIpc) is 2.86. The third-order valence-corrected chi connectivity index (χ3v) is 5.58. The Labute approximate surface area is 200 Å². The summed E-state index contributed by atoms with van der Waals surface area (Å²) in [4.78, 5) is 23.7. The molecular formula is C25H20ClFN4O3. The summed E-state index contributed by atoms with van der Waals surface area (Å²) < 4.78 is 25.9. The fourth-order valence-corrected chi connectivity index (χ4v) is 3.80. The van der Waals surface area contributed by atoms with Crippen LogP contribution in [0.3, 0.4) is 0 Å². The average molecular weight is 479 g/mol. The molecule has 0 saturated carbocycles. The number of carbonyl (C=O) groups excluding carboxylic acids is 1. The number of amides is 1. The van der Waals surface area contributed by atoms with Crippen LogP contribution in [0.4, 0.5) is 15.9 Å². The molecule has 3 aromatic carbocycles. The number of nitrogens with one attached hydrogen (secondary N) is 1. The number of nitrogens with zero attached hydrogens (tertiary/aromatic N) is 3. The van der Waals surface area contributed by atoms with Crippen LogP contribution < -0.4 is 15.0 Å². The molecule has 1 aliphatic rings. The Kier molecular flexibility index (Phi) is 6.24. The molecule has 1 saturated heterocycles. The van der Waals surface area contributed by atoms with Crippen molar-refractivity contribution in [3.05, 3.63) is 83.3 Å². The van der Waals surface area contributed by atoms with Crippen molar-refractivity contribution >= 4 is 40.0 Å². The van der Waals surface area contributed by atoms with E-state index in [1.54, 1.807) is 48.7 Å². The molecule has 4 aromatic rings. The van der Waals surface area contributed by atoms with E-state index in [9.17, 15) is 9.18 Å². The van der Waals surface area contributed by atoms with E-state index in [4.69, 9.17) is 26.1 Å². The molecule has 1 N–H and O–H groups in total. The van der Waals surface area contributed by atoms with Gasteiger partial charge in [-0.1, -0.05) is 17.7 Å². The largest absolute Gasteiger partial charge is 0.457 e. The summed E-state index contributed by atoms with van der Waals surface area (Å²) in [6, 6.07) is 16.0. The molecule has 34 heavy (non-hydrogen) atoms. The van der Waals surface area contributed by atoms with Crippen LogP contribution >= 0.6 is 11.6 Å².